The molecule has 1 saturated heterocycles. The summed E-state index contributed by atoms with van der Waals surface area (Å²) < 4.78 is 44.1. The van der Waals surface area contributed by atoms with Crippen molar-refractivity contribution in [2.75, 3.05) is 27.3 Å². The molecule has 2 aromatic heterocycles. The van der Waals surface area contributed by atoms with Crippen LogP contribution in [0, 0.1) is 0 Å². The minimum absolute atomic E-state index is 0.153. The molecule has 1 aliphatic rings. The highest BCUT2D eigenvalue weighted by Gasteiger charge is 2.41. The van der Waals surface area contributed by atoms with Gasteiger partial charge in [-0.1, -0.05) is 12.1 Å². The Hall–Kier alpha value is -2.98. The van der Waals surface area contributed by atoms with Crippen LogP contribution in [0.25, 0.3) is 11.5 Å². The average Bonchev–Trinajstić information content (AvgIpc) is 3.30. The molecule has 9 nitrogen and oxygen atoms in total. The number of ether oxygens (including phenoxy) is 2. The molecule has 3 aromatic rings. The molecule has 0 spiro atoms. The molecule has 164 valence electrons. The van der Waals surface area contributed by atoms with Crippen LogP contribution in [0.4, 0.5) is 0 Å². The van der Waals surface area contributed by atoms with Gasteiger partial charge in [-0.15, -0.1) is 0 Å². The topological polar surface area (TPSA) is 108 Å². The highest BCUT2D eigenvalue weighted by atomic mass is 32.2. The third kappa shape index (κ3) is 4.00. The number of piperidine rings is 1. The Morgan fingerprint density at radius 3 is 2.55 bits per heavy atom. The van der Waals surface area contributed by atoms with E-state index in [-0.39, 0.29) is 11.4 Å². The van der Waals surface area contributed by atoms with Crippen molar-refractivity contribution in [3.8, 4) is 23.0 Å². The van der Waals surface area contributed by atoms with Crippen molar-refractivity contribution in [3.63, 3.8) is 0 Å². The fourth-order valence-corrected chi connectivity index (χ4v) is 5.41. The second-order valence-corrected chi connectivity index (χ2v) is 9.62. The number of methoxy groups -OCH3 is 2. The Kier molecular flexibility index (Phi) is 5.67. The fourth-order valence-electron chi connectivity index (χ4n) is 3.79. The van der Waals surface area contributed by atoms with Gasteiger partial charge in [-0.25, -0.2) is 8.42 Å². The summed E-state index contributed by atoms with van der Waals surface area (Å²) in [5.41, 5.74) is 0.194. The molecule has 0 bridgehead atoms. The van der Waals surface area contributed by atoms with Crippen molar-refractivity contribution in [2.45, 2.75) is 30.1 Å². The number of pyridine rings is 1. The standard InChI is InChI=1S/C21H24N4O5S/c1-21(20-23-19(30-24-20)15-7-10-22-11-8-15)9-4-12-25(14-21)31(26,27)16-5-6-17(28-2)18(13-16)29-3/h5-8,10-11,13H,4,9,12,14H2,1-3H3. The minimum Gasteiger partial charge on any atom is -0.493 e. The highest BCUT2D eigenvalue weighted by Crippen LogP contribution is 2.37. The van der Waals surface area contributed by atoms with Gasteiger partial charge in [0.15, 0.2) is 17.3 Å². The summed E-state index contributed by atoms with van der Waals surface area (Å²) in [7, 11) is -0.758. The molecule has 1 fully saturated rings. The largest absolute Gasteiger partial charge is 0.493 e. The molecule has 0 radical (unpaired) electrons. The van der Waals surface area contributed by atoms with E-state index in [2.05, 4.69) is 15.1 Å². The van der Waals surface area contributed by atoms with Gasteiger partial charge in [-0.3, -0.25) is 4.98 Å². The lowest BCUT2D eigenvalue weighted by molar-refractivity contribution is 0.226. The summed E-state index contributed by atoms with van der Waals surface area (Å²) in [5.74, 6) is 1.72. The maximum atomic E-state index is 13.4. The summed E-state index contributed by atoms with van der Waals surface area (Å²) >= 11 is 0. The second-order valence-electron chi connectivity index (χ2n) is 7.68. The monoisotopic (exact) mass is 444 g/mol. The van der Waals surface area contributed by atoms with Gasteiger partial charge >= 0.3 is 0 Å². The third-order valence-electron chi connectivity index (χ3n) is 5.55. The normalized spacial score (nSPS) is 19.8. The molecule has 0 amide bonds. The van der Waals surface area contributed by atoms with E-state index in [0.29, 0.717) is 36.2 Å². The Morgan fingerprint density at radius 1 is 1.10 bits per heavy atom. The van der Waals surface area contributed by atoms with E-state index in [0.717, 1.165) is 12.0 Å². The Bertz CT molecular complexity index is 1170. The summed E-state index contributed by atoms with van der Waals surface area (Å²) in [6, 6.07) is 8.17. The fraction of sp³-hybridized carbons (Fsp3) is 0.381. The first kappa shape index (κ1) is 21.3. The van der Waals surface area contributed by atoms with E-state index >= 15 is 0 Å². The van der Waals surface area contributed by atoms with Gasteiger partial charge in [0.1, 0.15) is 0 Å². The minimum atomic E-state index is -3.74. The SMILES string of the molecule is COc1ccc(S(=O)(=O)N2CCCC(C)(c3noc(-c4ccncc4)n3)C2)cc1OC. The van der Waals surface area contributed by atoms with Crippen LogP contribution in [-0.2, 0) is 15.4 Å². The van der Waals surface area contributed by atoms with Crippen molar-refractivity contribution < 1.29 is 22.4 Å². The van der Waals surface area contributed by atoms with Crippen LogP contribution < -0.4 is 9.47 Å². The molecule has 3 heterocycles. The number of rotatable bonds is 6. The van der Waals surface area contributed by atoms with E-state index in [9.17, 15) is 8.42 Å². The van der Waals surface area contributed by atoms with Gasteiger partial charge in [0.05, 0.1) is 19.1 Å². The van der Waals surface area contributed by atoms with Crippen LogP contribution in [0.1, 0.15) is 25.6 Å². The van der Waals surface area contributed by atoms with Gasteiger partial charge in [0, 0.05) is 42.5 Å². The molecule has 1 atom stereocenters. The predicted octanol–water partition coefficient (Wildman–Crippen LogP) is 2.89. The zero-order valence-electron chi connectivity index (χ0n) is 17.6. The summed E-state index contributed by atoms with van der Waals surface area (Å²) in [4.78, 5) is 8.69. The summed E-state index contributed by atoms with van der Waals surface area (Å²) in [6.07, 6.45) is 4.74. The molecule has 10 heteroatoms. The maximum absolute atomic E-state index is 13.4. The van der Waals surface area contributed by atoms with Gasteiger partial charge < -0.3 is 14.0 Å². The van der Waals surface area contributed by atoms with Crippen LogP contribution in [0.3, 0.4) is 0 Å². The van der Waals surface area contributed by atoms with Gasteiger partial charge in [-0.05, 0) is 37.1 Å². The van der Waals surface area contributed by atoms with E-state index in [1.165, 1.54) is 30.7 Å². The lowest BCUT2D eigenvalue weighted by Gasteiger charge is -2.37. The van der Waals surface area contributed by atoms with Crippen molar-refractivity contribution in [2.24, 2.45) is 0 Å². The average molecular weight is 445 g/mol. The predicted molar refractivity (Wildman–Crippen MR) is 112 cm³/mol. The smallest absolute Gasteiger partial charge is 0.258 e. The number of aromatic nitrogens is 3. The van der Waals surface area contributed by atoms with E-state index in [1.54, 1.807) is 30.6 Å². The Labute approximate surface area is 181 Å². The summed E-state index contributed by atoms with van der Waals surface area (Å²) in [6.45, 7) is 2.63. The first-order valence-corrected chi connectivity index (χ1v) is 11.3. The molecule has 1 aromatic carbocycles. The Balaban J connectivity index is 1.61. The first-order valence-electron chi connectivity index (χ1n) is 9.84. The lowest BCUT2D eigenvalue weighted by atomic mass is 9.82. The lowest BCUT2D eigenvalue weighted by Crippen LogP contribution is -2.47. The highest BCUT2D eigenvalue weighted by molar-refractivity contribution is 7.89. The van der Waals surface area contributed by atoms with Crippen LogP contribution >= 0.6 is 0 Å². The van der Waals surface area contributed by atoms with E-state index in [4.69, 9.17) is 14.0 Å². The van der Waals surface area contributed by atoms with Crippen LogP contribution in [0.2, 0.25) is 0 Å². The number of sulfonamides is 1. The van der Waals surface area contributed by atoms with Crippen LogP contribution in [-0.4, -0.2) is 55.2 Å². The number of nitrogens with zero attached hydrogens (tertiary/aromatic N) is 4. The maximum Gasteiger partial charge on any atom is 0.258 e. The van der Waals surface area contributed by atoms with Gasteiger partial charge in [-0.2, -0.15) is 9.29 Å². The zero-order chi connectivity index (χ0) is 22.1. The molecule has 0 aliphatic carbocycles. The number of hydrogen-bond donors (Lipinski definition) is 0. The first-order chi connectivity index (χ1) is 14.9. The van der Waals surface area contributed by atoms with Crippen molar-refractivity contribution in [1.29, 1.82) is 0 Å². The summed E-state index contributed by atoms with van der Waals surface area (Å²) in [5, 5.41) is 4.16. The molecular formula is C21H24N4O5S. The second kappa shape index (κ2) is 8.27. The molecule has 1 unspecified atom stereocenters. The van der Waals surface area contributed by atoms with Crippen LogP contribution in [0.15, 0.2) is 52.1 Å². The van der Waals surface area contributed by atoms with Crippen molar-refractivity contribution in [3.05, 3.63) is 48.5 Å². The van der Waals surface area contributed by atoms with E-state index in [1.807, 2.05) is 6.92 Å². The molecular weight excluding hydrogens is 420 g/mol. The van der Waals surface area contributed by atoms with E-state index < -0.39 is 15.4 Å². The molecule has 1 aliphatic heterocycles. The zero-order valence-corrected chi connectivity index (χ0v) is 18.4. The van der Waals surface area contributed by atoms with Crippen LogP contribution in [0.5, 0.6) is 11.5 Å². The molecule has 31 heavy (non-hydrogen) atoms. The number of hydrogen-bond acceptors (Lipinski definition) is 8. The van der Waals surface area contributed by atoms with Crippen molar-refractivity contribution in [1.82, 2.24) is 19.4 Å². The Morgan fingerprint density at radius 2 is 1.84 bits per heavy atom. The third-order valence-corrected chi connectivity index (χ3v) is 7.39. The van der Waals surface area contributed by atoms with Gasteiger partial charge in [0.25, 0.3) is 5.89 Å². The molecule has 4 rings (SSSR count). The van der Waals surface area contributed by atoms with Crippen molar-refractivity contribution >= 4 is 10.0 Å². The van der Waals surface area contributed by atoms with Gasteiger partial charge in [0.2, 0.25) is 10.0 Å². The molecule has 0 saturated carbocycles. The quantitative estimate of drug-likeness (QED) is 0.571. The number of benzene rings is 1. The molecule has 0 N–H and O–H groups in total.